The van der Waals surface area contributed by atoms with Gasteiger partial charge in [-0.3, -0.25) is 4.79 Å². The van der Waals surface area contributed by atoms with Crippen molar-refractivity contribution in [2.45, 2.75) is 24.2 Å². The number of hydrogen-bond acceptors (Lipinski definition) is 2. The minimum atomic E-state index is -6.74. The van der Waals surface area contributed by atoms with Crippen LogP contribution in [-0.4, -0.2) is 28.9 Å². The van der Waals surface area contributed by atoms with Gasteiger partial charge in [0, 0.05) is 6.08 Å². The van der Waals surface area contributed by atoms with Gasteiger partial charge in [-0.15, -0.1) is 0 Å². The van der Waals surface area contributed by atoms with E-state index in [-0.39, 0.29) is 12.1 Å². The second-order valence-electron chi connectivity index (χ2n) is 4.86. The molecule has 14 heteroatoms. The van der Waals surface area contributed by atoms with Crippen molar-refractivity contribution < 1.29 is 53.8 Å². The SMILES string of the molecule is O=C(/C=C(\O)c1c(Cl)cc(C(F)(F)F)cc1Cl)C(F)(C(F)(F)F)C(F)(F)F. The van der Waals surface area contributed by atoms with Gasteiger partial charge in [-0.05, 0) is 12.1 Å². The topological polar surface area (TPSA) is 37.3 Å². The van der Waals surface area contributed by atoms with Crippen LogP contribution >= 0.6 is 23.2 Å². The van der Waals surface area contributed by atoms with Crippen LogP contribution in [0.3, 0.4) is 0 Å². The van der Waals surface area contributed by atoms with Gasteiger partial charge in [-0.2, -0.15) is 39.5 Å². The number of ketones is 1. The first-order chi connectivity index (χ1) is 11.8. The van der Waals surface area contributed by atoms with E-state index in [4.69, 9.17) is 23.2 Å². The summed E-state index contributed by atoms with van der Waals surface area (Å²) in [6.07, 6.45) is -19.3. The quantitative estimate of drug-likeness (QED) is 0.331. The average Bonchev–Trinajstić information content (AvgIpc) is 2.41. The zero-order valence-corrected chi connectivity index (χ0v) is 13.6. The van der Waals surface area contributed by atoms with Crippen LogP contribution in [0.2, 0.25) is 10.0 Å². The molecular formula is C13H4Cl2F10O2. The van der Waals surface area contributed by atoms with Crippen LogP contribution in [0.25, 0.3) is 5.76 Å². The number of carbonyl (C=O) groups excluding carboxylic acids is 1. The van der Waals surface area contributed by atoms with Crippen LogP contribution in [0, 0.1) is 0 Å². The third-order valence-corrected chi connectivity index (χ3v) is 3.61. The maximum Gasteiger partial charge on any atom is 0.439 e. The summed E-state index contributed by atoms with van der Waals surface area (Å²) in [4.78, 5) is 11.3. The Balaban J connectivity index is 3.51. The van der Waals surface area contributed by atoms with Gasteiger partial charge >= 0.3 is 24.2 Å². The van der Waals surface area contributed by atoms with Crippen LogP contribution in [-0.2, 0) is 11.0 Å². The van der Waals surface area contributed by atoms with Gasteiger partial charge in [-0.25, -0.2) is 4.39 Å². The van der Waals surface area contributed by atoms with Crippen molar-refractivity contribution in [3.63, 3.8) is 0 Å². The Morgan fingerprint density at radius 2 is 1.22 bits per heavy atom. The molecule has 0 saturated heterocycles. The van der Waals surface area contributed by atoms with Crippen LogP contribution in [0.15, 0.2) is 18.2 Å². The molecule has 1 N–H and O–H groups in total. The Morgan fingerprint density at radius 3 is 1.52 bits per heavy atom. The number of aliphatic hydroxyl groups excluding tert-OH is 1. The number of halogens is 12. The molecule has 0 fully saturated rings. The summed E-state index contributed by atoms with van der Waals surface area (Å²) in [5.41, 5.74) is -8.95. The maximum atomic E-state index is 13.5. The average molecular weight is 453 g/mol. The molecule has 0 bridgehead atoms. The molecule has 1 aromatic rings. The lowest BCUT2D eigenvalue weighted by molar-refractivity contribution is -0.323. The summed E-state index contributed by atoms with van der Waals surface area (Å²) in [5.74, 6) is -5.09. The molecule has 0 unspecified atom stereocenters. The molecule has 0 aliphatic carbocycles. The number of alkyl halides is 10. The number of rotatable bonds is 3. The summed E-state index contributed by atoms with van der Waals surface area (Å²) < 4.78 is 126. The second-order valence-corrected chi connectivity index (χ2v) is 5.67. The first kappa shape index (κ1) is 23.3. The largest absolute Gasteiger partial charge is 0.507 e. The van der Waals surface area contributed by atoms with Crippen LogP contribution < -0.4 is 0 Å². The zero-order chi connectivity index (χ0) is 21.6. The van der Waals surface area contributed by atoms with Crippen LogP contribution in [0.5, 0.6) is 0 Å². The van der Waals surface area contributed by atoms with Gasteiger partial charge in [0.15, 0.2) is 0 Å². The second kappa shape index (κ2) is 7.04. The van der Waals surface area contributed by atoms with Crippen molar-refractivity contribution in [2.75, 3.05) is 0 Å². The van der Waals surface area contributed by atoms with E-state index in [9.17, 15) is 53.8 Å². The Hall–Kier alpha value is -1.69. The van der Waals surface area contributed by atoms with Gasteiger partial charge in [0.05, 0.1) is 21.2 Å². The fourth-order valence-corrected chi connectivity index (χ4v) is 2.40. The van der Waals surface area contributed by atoms with Crippen molar-refractivity contribution in [1.29, 1.82) is 0 Å². The van der Waals surface area contributed by atoms with E-state index in [2.05, 4.69) is 0 Å². The van der Waals surface area contributed by atoms with Gasteiger partial charge in [-0.1, -0.05) is 23.2 Å². The summed E-state index contributed by atoms with van der Waals surface area (Å²) in [6.45, 7) is 0. The molecule has 1 rings (SSSR count). The monoisotopic (exact) mass is 452 g/mol. The third-order valence-electron chi connectivity index (χ3n) is 3.01. The molecule has 0 aliphatic heterocycles. The molecule has 1 aromatic carbocycles. The molecule has 0 heterocycles. The first-order valence-corrected chi connectivity index (χ1v) is 6.93. The highest BCUT2D eigenvalue weighted by molar-refractivity contribution is 6.37. The number of benzene rings is 1. The Kier molecular flexibility index (Phi) is 6.09. The van der Waals surface area contributed by atoms with Gasteiger partial charge in [0.25, 0.3) is 0 Å². The minimum absolute atomic E-state index is 0.132. The van der Waals surface area contributed by atoms with E-state index in [1.807, 2.05) is 0 Å². The molecule has 0 radical (unpaired) electrons. The normalized spacial score (nSPS) is 14.4. The molecule has 27 heavy (non-hydrogen) atoms. The lowest BCUT2D eigenvalue weighted by atomic mass is 9.97. The minimum Gasteiger partial charge on any atom is -0.507 e. The molecule has 0 amide bonds. The number of hydrogen-bond donors (Lipinski definition) is 1. The Morgan fingerprint density at radius 1 is 0.852 bits per heavy atom. The molecule has 2 nitrogen and oxygen atoms in total. The van der Waals surface area contributed by atoms with Crippen molar-refractivity contribution in [3.05, 3.63) is 39.4 Å². The van der Waals surface area contributed by atoms with E-state index in [0.29, 0.717) is 0 Å². The summed E-state index contributed by atoms with van der Waals surface area (Å²) >= 11 is 10.8. The van der Waals surface area contributed by atoms with Crippen molar-refractivity contribution in [1.82, 2.24) is 0 Å². The van der Waals surface area contributed by atoms with E-state index >= 15 is 0 Å². The van der Waals surface area contributed by atoms with E-state index in [1.54, 1.807) is 0 Å². The fraction of sp³-hybridized carbons (Fsp3) is 0.308. The lowest BCUT2D eigenvalue weighted by Gasteiger charge is -2.27. The fourth-order valence-electron chi connectivity index (χ4n) is 1.72. The van der Waals surface area contributed by atoms with Crippen molar-refractivity contribution in [3.8, 4) is 0 Å². The zero-order valence-electron chi connectivity index (χ0n) is 12.1. The number of allylic oxidation sites excluding steroid dienone is 1. The predicted octanol–water partition coefficient (Wildman–Crippen LogP) is 6.31. The Labute approximate surface area is 153 Å². The molecular weight excluding hydrogens is 449 g/mol. The van der Waals surface area contributed by atoms with Gasteiger partial charge in [0.2, 0.25) is 5.78 Å². The standard InChI is InChI=1S/C13H4Cl2F10O2/c14-5-1-4(11(17,18)19)2-6(15)9(5)7(26)3-8(27)10(16,12(20,21)22)13(23,24)25/h1-3,26H/b7-3-. The van der Waals surface area contributed by atoms with E-state index < -0.39 is 63.0 Å². The molecule has 152 valence electrons. The highest BCUT2D eigenvalue weighted by Crippen LogP contribution is 2.47. The van der Waals surface area contributed by atoms with Gasteiger partial charge in [0.1, 0.15) is 5.76 Å². The molecule has 0 spiro atoms. The smallest absolute Gasteiger partial charge is 0.439 e. The summed E-state index contributed by atoms with van der Waals surface area (Å²) in [6, 6.07) is 0.265. The van der Waals surface area contributed by atoms with Crippen LogP contribution in [0.1, 0.15) is 11.1 Å². The van der Waals surface area contributed by atoms with Crippen molar-refractivity contribution in [2.24, 2.45) is 0 Å². The predicted molar refractivity (Wildman–Crippen MR) is 73.0 cm³/mol. The maximum absolute atomic E-state index is 13.5. The lowest BCUT2D eigenvalue weighted by Crippen LogP contribution is -2.58. The van der Waals surface area contributed by atoms with Crippen molar-refractivity contribution >= 4 is 34.7 Å². The Bertz CT molecular complexity index is 740. The third kappa shape index (κ3) is 4.42. The van der Waals surface area contributed by atoms with E-state index in [1.165, 1.54) is 0 Å². The molecule has 0 saturated carbocycles. The summed E-state index contributed by atoms with van der Waals surface area (Å²) in [7, 11) is 0. The first-order valence-electron chi connectivity index (χ1n) is 6.18. The number of carbonyl (C=O) groups is 1. The van der Waals surface area contributed by atoms with Gasteiger partial charge < -0.3 is 5.11 Å². The molecule has 0 aliphatic rings. The highest BCUT2D eigenvalue weighted by atomic mass is 35.5. The molecule has 0 atom stereocenters. The van der Waals surface area contributed by atoms with Crippen LogP contribution in [0.4, 0.5) is 43.9 Å². The highest BCUT2D eigenvalue weighted by Gasteiger charge is 2.76. The number of aliphatic hydroxyl groups is 1. The molecule has 0 aromatic heterocycles. The summed E-state index contributed by atoms with van der Waals surface area (Å²) in [5, 5.41) is 7.39. The van der Waals surface area contributed by atoms with E-state index in [0.717, 1.165) is 0 Å².